The minimum Gasteiger partial charge on any atom is -0.355 e. The van der Waals surface area contributed by atoms with Crippen LogP contribution in [0.15, 0.2) is 48.8 Å². The Bertz CT molecular complexity index is 1050. The summed E-state index contributed by atoms with van der Waals surface area (Å²) in [6.45, 7) is 2.44. The van der Waals surface area contributed by atoms with Gasteiger partial charge in [0.05, 0.1) is 24.1 Å². The van der Waals surface area contributed by atoms with Gasteiger partial charge in [-0.15, -0.1) is 24.8 Å². The molecule has 0 bridgehead atoms. The van der Waals surface area contributed by atoms with E-state index in [4.69, 9.17) is 11.6 Å². The number of anilines is 2. The molecule has 1 fully saturated rings. The zero-order chi connectivity index (χ0) is 20.0. The molecule has 1 aromatic carbocycles. The van der Waals surface area contributed by atoms with Crippen LogP contribution in [0.3, 0.4) is 0 Å². The molecule has 1 N–H and O–H groups in total. The molecule has 4 heterocycles. The predicted octanol–water partition coefficient (Wildman–Crippen LogP) is 3.72. The van der Waals surface area contributed by atoms with Crippen molar-refractivity contribution in [2.75, 3.05) is 29.9 Å². The van der Waals surface area contributed by atoms with Crippen LogP contribution >= 0.6 is 36.4 Å². The number of nitrogens with zero attached hydrogens (tertiary/aromatic N) is 5. The van der Waals surface area contributed by atoms with E-state index in [2.05, 4.69) is 20.3 Å². The number of rotatable bonds is 4. The highest BCUT2D eigenvalue weighted by atomic mass is 35.5. The van der Waals surface area contributed by atoms with E-state index in [1.807, 2.05) is 49.6 Å². The molecule has 3 aromatic rings. The minimum absolute atomic E-state index is 0. The first-order valence-corrected chi connectivity index (χ1v) is 10.0. The highest BCUT2D eigenvalue weighted by Gasteiger charge is 2.32. The van der Waals surface area contributed by atoms with Gasteiger partial charge in [0.1, 0.15) is 5.82 Å². The van der Waals surface area contributed by atoms with E-state index in [1.165, 1.54) is 0 Å². The zero-order valence-corrected chi connectivity index (χ0v) is 19.3. The number of benzene rings is 1. The second kappa shape index (κ2) is 9.44. The number of carbonyl (C=O) groups is 1. The lowest BCUT2D eigenvalue weighted by atomic mass is 10.3. The van der Waals surface area contributed by atoms with Crippen molar-refractivity contribution >= 4 is 53.8 Å². The molecular formula is C21H23Cl3N6O. The summed E-state index contributed by atoms with van der Waals surface area (Å²) in [4.78, 5) is 21.5. The van der Waals surface area contributed by atoms with Gasteiger partial charge in [-0.2, -0.15) is 5.10 Å². The lowest BCUT2D eigenvalue weighted by Gasteiger charge is -2.20. The Morgan fingerprint density at radius 3 is 2.45 bits per heavy atom. The van der Waals surface area contributed by atoms with Crippen LogP contribution in [0.25, 0.3) is 5.69 Å². The second-order valence-corrected chi connectivity index (χ2v) is 7.85. The average Bonchev–Trinajstić information content (AvgIpc) is 3.45. The predicted molar refractivity (Wildman–Crippen MR) is 127 cm³/mol. The van der Waals surface area contributed by atoms with Crippen molar-refractivity contribution in [2.24, 2.45) is 0 Å². The average molecular weight is 482 g/mol. The molecule has 1 atom stereocenters. The quantitative estimate of drug-likeness (QED) is 0.615. The third kappa shape index (κ3) is 4.36. The SMILES string of the molecule is CN[C@H]1CCN(c2ccc(N3Cc4cn(-c5ccc(Cl)cc5)nc4C3=O)cn2)C1.Cl.Cl. The van der Waals surface area contributed by atoms with E-state index in [-0.39, 0.29) is 30.7 Å². The van der Waals surface area contributed by atoms with E-state index in [1.54, 1.807) is 15.8 Å². The van der Waals surface area contributed by atoms with Crippen LogP contribution in [-0.2, 0) is 6.54 Å². The van der Waals surface area contributed by atoms with E-state index < -0.39 is 0 Å². The first kappa shape index (κ1) is 23.3. The Morgan fingerprint density at radius 2 is 1.84 bits per heavy atom. The number of pyridine rings is 1. The van der Waals surface area contributed by atoms with Crippen LogP contribution in [0.2, 0.25) is 5.02 Å². The number of fused-ring (bicyclic) bond motifs is 1. The topological polar surface area (TPSA) is 66.3 Å². The van der Waals surface area contributed by atoms with Gasteiger partial charge in [-0.05, 0) is 49.9 Å². The van der Waals surface area contributed by atoms with Gasteiger partial charge in [0.25, 0.3) is 5.91 Å². The molecule has 0 radical (unpaired) electrons. The highest BCUT2D eigenvalue weighted by molar-refractivity contribution is 6.30. The smallest absolute Gasteiger partial charge is 0.279 e. The fraction of sp³-hybridized carbons (Fsp3) is 0.286. The van der Waals surface area contributed by atoms with Crippen molar-refractivity contribution in [3.05, 3.63) is 65.1 Å². The van der Waals surface area contributed by atoms with Crippen LogP contribution in [0.4, 0.5) is 11.5 Å². The summed E-state index contributed by atoms with van der Waals surface area (Å²) >= 11 is 5.95. The summed E-state index contributed by atoms with van der Waals surface area (Å²) in [5.41, 5.74) is 3.06. The van der Waals surface area contributed by atoms with Gasteiger partial charge in [0.15, 0.2) is 5.69 Å². The molecule has 7 nitrogen and oxygen atoms in total. The van der Waals surface area contributed by atoms with Gasteiger partial charge < -0.3 is 15.1 Å². The molecule has 0 saturated carbocycles. The molecular weight excluding hydrogens is 459 g/mol. The van der Waals surface area contributed by atoms with Crippen molar-refractivity contribution in [1.29, 1.82) is 0 Å². The van der Waals surface area contributed by atoms with Gasteiger partial charge >= 0.3 is 0 Å². The molecule has 2 aliphatic heterocycles. The summed E-state index contributed by atoms with van der Waals surface area (Å²) in [7, 11) is 1.99. The van der Waals surface area contributed by atoms with Crippen molar-refractivity contribution in [3.63, 3.8) is 0 Å². The molecule has 0 spiro atoms. The number of amides is 1. The van der Waals surface area contributed by atoms with Crippen LogP contribution in [0.5, 0.6) is 0 Å². The minimum atomic E-state index is -0.0984. The number of carbonyl (C=O) groups excluding carboxylic acids is 1. The first-order valence-electron chi connectivity index (χ1n) is 9.67. The number of hydrogen-bond donors (Lipinski definition) is 1. The molecule has 2 aliphatic rings. The summed E-state index contributed by atoms with van der Waals surface area (Å²) in [5.74, 6) is 0.850. The lowest BCUT2D eigenvalue weighted by Crippen LogP contribution is -2.30. The molecule has 10 heteroatoms. The molecule has 5 rings (SSSR count). The summed E-state index contributed by atoms with van der Waals surface area (Å²) in [6, 6.07) is 11.8. The first-order chi connectivity index (χ1) is 14.1. The Labute approximate surface area is 198 Å². The maximum Gasteiger partial charge on any atom is 0.279 e. The van der Waals surface area contributed by atoms with Crippen LogP contribution in [0, 0.1) is 0 Å². The Hall–Kier alpha value is -2.32. The number of hydrogen-bond acceptors (Lipinski definition) is 5. The third-order valence-corrected chi connectivity index (χ3v) is 5.87. The lowest BCUT2D eigenvalue weighted by molar-refractivity contribution is 0.0991. The summed E-state index contributed by atoms with van der Waals surface area (Å²) in [6.07, 6.45) is 4.79. The third-order valence-electron chi connectivity index (χ3n) is 5.62. The standard InChI is InChI=1S/C21H21ClN6O.2ClH/c1-23-16-8-9-26(13-16)19-7-6-18(10-24-19)27-11-14-12-28(25-20(14)21(27)29)17-4-2-15(22)3-5-17;;/h2-7,10,12,16,23H,8-9,11,13H2,1H3;2*1H/t16-;;/m0../s1. The fourth-order valence-corrected chi connectivity index (χ4v) is 4.06. The number of nitrogens with one attached hydrogen (secondary N) is 1. The molecule has 31 heavy (non-hydrogen) atoms. The van der Waals surface area contributed by atoms with Crippen molar-refractivity contribution in [2.45, 2.75) is 19.0 Å². The Morgan fingerprint density at radius 1 is 1.10 bits per heavy atom. The maximum absolute atomic E-state index is 12.9. The summed E-state index contributed by atoms with van der Waals surface area (Å²) in [5, 5.41) is 8.48. The Balaban J connectivity index is 0.00000136. The Kier molecular flexibility index (Phi) is 7.11. The van der Waals surface area contributed by atoms with Crippen molar-refractivity contribution < 1.29 is 4.79 Å². The largest absolute Gasteiger partial charge is 0.355 e. The maximum atomic E-state index is 12.9. The van der Waals surface area contributed by atoms with Crippen LogP contribution in [-0.4, -0.2) is 46.9 Å². The van der Waals surface area contributed by atoms with E-state index in [0.717, 1.165) is 42.3 Å². The number of likely N-dealkylation sites (N-methyl/N-ethyl adjacent to an activating group) is 1. The highest BCUT2D eigenvalue weighted by Crippen LogP contribution is 2.29. The molecule has 2 aromatic heterocycles. The van der Waals surface area contributed by atoms with E-state index in [9.17, 15) is 4.79 Å². The monoisotopic (exact) mass is 480 g/mol. The molecule has 0 aliphatic carbocycles. The van der Waals surface area contributed by atoms with Gasteiger partial charge in [-0.3, -0.25) is 4.79 Å². The summed E-state index contributed by atoms with van der Waals surface area (Å²) < 4.78 is 1.73. The molecule has 1 saturated heterocycles. The molecule has 1 amide bonds. The fourth-order valence-electron chi connectivity index (χ4n) is 3.94. The van der Waals surface area contributed by atoms with Gasteiger partial charge in [-0.1, -0.05) is 11.6 Å². The van der Waals surface area contributed by atoms with E-state index >= 15 is 0 Å². The number of halogens is 3. The van der Waals surface area contributed by atoms with Gasteiger partial charge in [0.2, 0.25) is 0 Å². The number of aromatic nitrogens is 3. The van der Waals surface area contributed by atoms with E-state index in [0.29, 0.717) is 23.3 Å². The van der Waals surface area contributed by atoms with Crippen molar-refractivity contribution in [1.82, 2.24) is 20.1 Å². The normalized spacial score (nSPS) is 17.4. The van der Waals surface area contributed by atoms with Gasteiger partial charge in [-0.25, -0.2) is 9.67 Å². The van der Waals surface area contributed by atoms with Crippen molar-refractivity contribution in [3.8, 4) is 5.69 Å². The second-order valence-electron chi connectivity index (χ2n) is 7.41. The molecule has 0 unspecified atom stereocenters. The van der Waals surface area contributed by atoms with Gasteiger partial charge in [0, 0.05) is 35.9 Å². The van der Waals surface area contributed by atoms with Crippen LogP contribution in [0.1, 0.15) is 22.5 Å². The van der Waals surface area contributed by atoms with Crippen LogP contribution < -0.4 is 15.1 Å². The molecule has 164 valence electrons. The zero-order valence-electron chi connectivity index (χ0n) is 16.9.